The van der Waals surface area contributed by atoms with E-state index < -0.39 is 0 Å². The van der Waals surface area contributed by atoms with Gasteiger partial charge in [0, 0.05) is 31.7 Å². The molecule has 0 unspecified atom stereocenters. The van der Waals surface area contributed by atoms with E-state index in [4.69, 9.17) is 0 Å². The summed E-state index contributed by atoms with van der Waals surface area (Å²) in [7, 11) is 0. The Hall–Kier alpha value is -1.51. The molecule has 0 bridgehead atoms. The highest BCUT2D eigenvalue weighted by molar-refractivity contribution is 5.73. The molecule has 1 fully saturated rings. The van der Waals surface area contributed by atoms with E-state index in [0.717, 1.165) is 32.4 Å². The van der Waals surface area contributed by atoms with Gasteiger partial charge >= 0.3 is 0 Å². The minimum absolute atomic E-state index is 0.199. The van der Waals surface area contributed by atoms with Gasteiger partial charge in [-0.25, -0.2) is 0 Å². The number of carbonyl (C=O) groups is 1. The molecular weight excluding hydrogens is 236 g/mol. The fourth-order valence-corrected chi connectivity index (χ4v) is 2.71. The number of carbonyl (C=O) groups excluding carboxylic acids is 1. The van der Waals surface area contributed by atoms with E-state index >= 15 is 0 Å². The molecule has 0 aromatic heterocycles. The highest BCUT2D eigenvalue weighted by atomic mass is 16.2. The van der Waals surface area contributed by atoms with Crippen molar-refractivity contribution in [3.63, 3.8) is 0 Å². The van der Waals surface area contributed by atoms with Crippen LogP contribution in [0.15, 0.2) is 24.3 Å². The lowest BCUT2D eigenvalue weighted by Gasteiger charge is -2.32. The van der Waals surface area contributed by atoms with Gasteiger partial charge in [-0.1, -0.05) is 31.5 Å². The summed E-state index contributed by atoms with van der Waals surface area (Å²) in [5.41, 5.74) is 2.67. The Labute approximate surface area is 116 Å². The van der Waals surface area contributed by atoms with Gasteiger partial charge in [0.2, 0.25) is 5.91 Å². The average Bonchev–Trinajstić information content (AvgIpc) is 2.42. The van der Waals surface area contributed by atoms with Crippen molar-refractivity contribution in [3.8, 4) is 0 Å². The van der Waals surface area contributed by atoms with E-state index in [0.29, 0.717) is 6.04 Å². The van der Waals surface area contributed by atoms with Gasteiger partial charge in [-0.15, -0.1) is 0 Å². The molecule has 0 aliphatic carbocycles. The van der Waals surface area contributed by atoms with Crippen molar-refractivity contribution in [2.75, 3.05) is 18.4 Å². The Bertz CT molecular complexity index is 423. The molecule has 0 spiro atoms. The fourth-order valence-electron chi connectivity index (χ4n) is 2.71. The van der Waals surface area contributed by atoms with Crippen molar-refractivity contribution < 1.29 is 4.79 Å². The molecule has 1 aliphatic rings. The van der Waals surface area contributed by atoms with Gasteiger partial charge in [0.1, 0.15) is 0 Å². The van der Waals surface area contributed by atoms with Crippen molar-refractivity contribution in [2.45, 2.75) is 45.6 Å². The zero-order valence-corrected chi connectivity index (χ0v) is 12.0. The van der Waals surface area contributed by atoms with Gasteiger partial charge in [-0.3, -0.25) is 4.79 Å². The molecule has 0 atom stereocenters. The standard InChI is InChI=1S/C16H24N2O/c1-3-6-14-7-4-5-8-16(14)17-15-9-11-18(12-10-15)13(2)19/h4-5,7-8,15,17H,3,6,9-12H2,1-2H3. The number of hydrogen-bond donors (Lipinski definition) is 1. The van der Waals surface area contributed by atoms with Gasteiger partial charge in [0.25, 0.3) is 0 Å². The predicted octanol–water partition coefficient (Wildman–Crippen LogP) is 3.06. The molecule has 1 amide bonds. The number of nitrogens with one attached hydrogen (secondary N) is 1. The van der Waals surface area contributed by atoms with Crippen LogP contribution < -0.4 is 5.32 Å². The number of nitrogens with zero attached hydrogens (tertiary/aromatic N) is 1. The first-order valence-electron chi connectivity index (χ1n) is 7.30. The van der Waals surface area contributed by atoms with Gasteiger partial charge in [0.15, 0.2) is 0 Å². The molecule has 104 valence electrons. The van der Waals surface area contributed by atoms with Crippen LogP contribution in [0.2, 0.25) is 0 Å². The topological polar surface area (TPSA) is 32.3 Å². The Morgan fingerprint density at radius 2 is 2.00 bits per heavy atom. The lowest BCUT2D eigenvalue weighted by molar-refractivity contribution is -0.129. The molecule has 1 aromatic rings. The summed E-state index contributed by atoms with van der Waals surface area (Å²) < 4.78 is 0. The largest absolute Gasteiger partial charge is 0.382 e. The van der Waals surface area contributed by atoms with Gasteiger partial charge in [0.05, 0.1) is 0 Å². The maximum absolute atomic E-state index is 11.3. The van der Waals surface area contributed by atoms with E-state index in [2.05, 4.69) is 36.5 Å². The van der Waals surface area contributed by atoms with Crippen LogP contribution in [0.5, 0.6) is 0 Å². The summed E-state index contributed by atoms with van der Waals surface area (Å²) in [5, 5.41) is 3.66. The van der Waals surface area contributed by atoms with Crippen LogP contribution in [0, 0.1) is 0 Å². The van der Waals surface area contributed by atoms with Crippen LogP contribution in [0.25, 0.3) is 0 Å². The first-order chi connectivity index (χ1) is 9.20. The number of piperidine rings is 1. The number of para-hydroxylation sites is 1. The van der Waals surface area contributed by atoms with Gasteiger partial charge in [-0.2, -0.15) is 0 Å². The highest BCUT2D eigenvalue weighted by Crippen LogP contribution is 2.21. The normalized spacial score (nSPS) is 16.4. The first-order valence-corrected chi connectivity index (χ1v) is 7.30. The highest BCUT2D eigenvalue weighted by Gasteiger charge is 2.20. The Kier molecular flexibility index (Phi) is 4.83. The molecule has 1 heterocycles. The van der Waals surface area contributed by atoms with Crippen LogP contribution >= 0.6 is 0 Å². The second kappa shape index (κ2) is 6.60. The summed E-state index contributed by atoms with van der Waals surface area (Å²) in [6, 6.07) is 9.06. The lowest BCUT2D eigenvalue weighted by Crippen LogP contribution is -2.41. The number of benzene rings is 1. The third kappa shape index (κ3) is 3.72. The van der Waals surface area contributed by atoms with E-state index in [-0.39, 0.29) is 5.91 Å². The molecule has 0 radical (unpaired) electrons. The quantitative estimate of drug-likeness (QED) is 0.902. The number of rotatable bonds is 4. The minimum Gasteiger partial charge on any atom is -0.382 e. The summed E-state index contributed by atoms with van der Waals surface area (Å²) in [6.07, 6.45) is 4.37. The second-order valence-electron chi connectivity index (χ2n) is 5.33. The Morgan fingerprint density at radius 3 is 2.63 bits per heavy atom. The second-order valence-corrected chi connectivity index (χ2v) is 5.33. The maximum atomic E-state index is 11.3. The monoisotopic (exact) mass is 260 g/mol. The van der Waals surface area contributed by atoms with Gasteiger partial charge < -0.3 is 10.2 Å². The molecule has 0 saturated carbocycles. The summed E-state index contributed by atoms with van der Waals surface area (Å²) in [6.45, 7) is 5.62. The lowest BCUT2D eigenvalue weighted by atomic mass is 10.0. The van der Waals surface area contributed by atoms with E-state index in [9.17, 15) is 4.79 Å². The Balaban J connectivity index is 1.93. The van der Waals surface area contributed by atoms with Crippen LogP contribution in [-0.4, -0.2) is 29.9 Å². The number of amides is 1. The Morgan fingerprint density at radius 1 is 1.32 bits per heavy atom. The molecule has 1 aromatic carbocycles. The summed E-state index contributed by atoms with van der Waals surface area (Å²) in [5.74, 6) is 0.199. The van der Waals surface area contributed by atoms with E-state index in [1.54, 1.807) is 6.92 Å². The third-order valence-corrected chi connectivity index (χ3v) is 3.84. The number of anilines is 1. The average molecular weight is 260 g/mol. The molecule has 1 saturated heterocycles. The molecule has 1 aliphatic heterocycles. The summed E-state index contributed by atoms with van der Waals surface area (Å²) >= 11 is 0. The molecule has 2 rings (SSSR count). The zero-order chi connectivity index (χ0) is 13.7. The molecule has 1 N–H and O–H groups in total. The minimum atomic E-state index is 0.199. The molecule has 3 heteroatoms. The predicted molar refractivity (Wildman–Crippen MR) is 79.3 cm³/mol. The van der Waals surface area contributed by atoms with Gasteiger partial charge in [-0.05, 0) is 30.9 Å². The summed E-state index contributed by atoms with van der Waals surface area (Å²) in [4.78, 5) is 13.2. The molecule has 3 nitrogen and oxygen atoms in total. The SMILES string of the molecule is CCCc1ccccc1NC1CCN(C(C)=O)CC1. The number of likely N-dealkylation sites (tertiary alicyclic amines) is 1. The van der Waals surface area contributed by atoms with Crippen molar-refractivity contribution in [1.82, 2.24) is 4.90 Å². The van der Waals surface area contributed by atoms with Crippen LogP contribution in [0.4, 0.5) is 5.69 Å². The molecular formula is C16H24N2O. The van der Waals surface area contributed by atoms with Crippen molar-refractivity contribution in [1.29, 1.82) is 0 Å². The smallest absolute Gasteiger partial charge is 0.219 e. The number of aryl methyl sites for hydroxylation is 1. The van der Waals surface area contributed by atoms with E-state index in [1.807, 2.05) is 4.90 Å². The fraction of sp³-hybridized carbons (Fsp3) is 0.562. The van der Waals surface area contributed by atoms with Crippen molar-refractivity contribution in [3.05, 3.63) is 29.8 Å². The maximum Gasteiger partial charge on any atom is 0.219 e. The van der Waals surface area contributed by atoms with Crippen molar-refractivity contribution in [2.24, 2.45) is 0 Å². The van der Waals surface area contributed by atoms with Crippen LogP contribution in [0.1, 0.15) is 38.7 Å². The van der Waals surface area contributed by atoms with Crippen LogP contribution in [-0.2, 0) is 11.2 Å². The molecule has 19 heavy (non-hydrogen) atoms. The van der Waals surface area contributed by atoms with Crippen molar-refractivity contribution >= 4 is 11.6 Å². The van der Waals surface area contributed by atoms with E-state index in [1.165, 1.54) is 17.7 Å². The van der Waals surface area contributed by atoms with Crippen LogP contribution in [0.3, 0.4) is 0 Å². The number of hydrogen-bond acceptors (Lipinski definition) is 2. The zero-order valence-electron chi connectivity index (χ0n) is 12.0. The first kappa shape index (κ1) is 13.9. The third-order valence-electron chi connectivity index (χ3n) is 3.84.